The van der Waals surface area contributed by atoms with E-state index in [4.69, 9.17) is 0 Å². The van der Waals surface area contributed by atoms with E-state index in [1.165, 1.54) is 0 Å². The van der Waals surface area contributed by atoms with Gasteiger partial charge in [-0.3, -0.25) is 9.59 Å². The topological polar surface area (TPSA) is 60.9 Å². The van der Waals surface area contributed by atoms with Gasteiger partial charge in [-0.15, -0.1) is 0 Å². The van der Waals surface area contributed by atoms with E-state index in [0.29, 0.717) is 31.0 Å². The first-order valence-electron chi connectivity index (χ1n) is 7.71. The molecule has 1 heterocycles. The molecule has 1 atom stereocenters. The van der Waals surface area contributed by atoms with E-state index in [9.17, 15) is 14.7 Å². The number of piperidine rings is 1. The standard InChI is InChI=1S/C17H24N2O3/c1-18(2)15(20)12-13-8-10-19(11-9-13)17(22)16(21)14-6-4-3-5-7-14/h3-7,13,16,21H,8-12H2,1-2H3. The molecule has 2 amide bonds. The lowest BCUT2D eigenvalue weighted by Gasteiger charge is -2.33. The average molecular weight is 304 g/mol. The van der Waals surface area contributed by atoms with Gasteiger partial charge in [0.05, 0.1) is 0 Å². The quantitative estimate of drug-likeness (QED) is 0.915. The molecule has 0 aliphatic carbocycles. The van der Waals surface area contributed by atoms with Gasteiger partial charge in [-0.1, -0.05) is 30.3 Å². The van der Waals surface area contributed by atoms with Gasteiger partial charge >= 0.3 is 0 Å². The van der Waals surface area contributed by atoms with Gasteiger partial charge in [0, 0.05) is 33.6 Å². The monoisotopic (exact) mass is 304 g/mol. The summed E-state index contributed by atoms with van der Waals surface area (Å²) in [6.07, 6.45) is 1.07. The number of benzene rings is 1. The summed E-state index contributed by atoms with van der Waals surface area (Å²) in [5, 5.41) is 10.2. The summed E-state index contributed by atoms with van der Waals surface area (Å²) in [4.78, 5) is 27.4. The molecule has 1 aliphatic heterocycles. The fourth-order valence-corrected chi connectivity index (χ4v) is 2.74. The van der Waals surface area contributed by atoms with Crippen molar-refractivity contribution in [3.8, 4) is 0 Å². The third-order valence-corrected chi connectivity index (χ3v) is 4.24. The van der Waals surface area contributed by atoms with Crippen molar-refractivity contribution in [2.24, 2.45) is 5.92 Å². The molecule has 1 N–H and O–H groups in total. The Kier molecular flexibility index (Phi) is 5.55. The van der Waals surface area contributed by atoms with E-state index in [1.54, 1.807) is 36.0 Å². The molecule has 0 radical (unpaired) electrons. The van der Waals surface area contributed by atoms with E-state index >= 15 is 0 Å². The number of amides is 2. The highest BCUT2D eigenvalue weighted by molar-refractivity contribution is 5.82. The predicted molar refractivity (Wildman–Crippen MR) is 84.0 cm³/mol. The van der Waals surface area contributed by atoms with Gasteiger partial charge in [0.15, 0.2) is 6.10 Å². The maximum atomic E-state index is 12.3. The van der Waals surface area contributed by atoms with Crippen LogP contribution in [0.5, 0.6) is 0 Å². The molecule has 1 aromatic rings. The lowest BCUT2D eigenvalue weighted by Crippen LogP contribution is -2.41. The predicted octanol–water partition coefficient (Wildman–Crippen LogP) is 1.44. The number of carbonyl (C=O) groups excluding carboxylic acids is 2. The van der Waals surface area contributed by atoms with Crippen molar-refractivity contribution in [2.45, 2.75) is 25.4 Å². The highest BCUT2D eigenvalue weighted by atomic mass is 16.3. The van der Waals surface area contributed by atoms with Crippen LogP contribution in [0, 0.1) is 5.92 Å². The fraction of sp³-hybridized carbons (Fsp3) is 0.529. The lowest BCUT2D eigenvalue weighted by atomic mass is 9.92. The molecule has 1 saturated heterocycles. The van der Waals surface area contributed by atoms with Gasteiger partial charge in [0.25, 0.3) is 5.91 Å². The molecule has 0 spiro atoms. The van der Waals surface area contributed by atoms with Crippen molar-refractivity contribution >= 4 is 11.8 Å². The molecule has 1 aliphatic rings. The van der Waals surface area contributed by atoms with Crippen molar-refractivity contribution in [3.63, 3.8) is 0 Å². The Balaban J connectivity index is 1.86. The van der Waals surface area contributed by atoms with Gasteiger partial charge in [0.2, 0.25) is 5.91 Å². The van der Waals surface area contributed by atoms with E-state index in [-0.39, 0.29) is 11.8 Å². The number of aliphatic hydroxyl groups excluding tert-OH is 1. The summed E-state index contributed by atoms with van der Waals surface area (Å²) in [6.45, 7) is 1.21. The number of nitrogens with zero attached hydrogens (tertiary/aromatic N) is 2. The number of hydrogen-bond donors (Lipinski definition) is 1. The van der Waals surface area contributed by atoms with Gasteiger partial charge < -0.3 is 14.9 Å². The van der Waals surface area contributed by atoms with Crippen LogP contribution in [0.3, 0.4) is 0 Å². The van der Waals surface area contributed by atoms with Crippen LogP contribution in [0.4, 0.5) is 0 Å². The molecule has 22 heavy (non-hydrogen) atoms. The summed E-state index contributed by atoms with van der Waals surface area (Å²) in [5.41, 5.74) is 0.623. The number of hydrogen-bond acceptors (Lipinski definition) is 3. The van der Waals surface area contributed by atoms with Crippen molar-refractivity contribution in [1.29, 1.82) is 0 Å². The second-order valence-corrected chi connectivity index (χ2v) is 6.07. The molecule has 2 rings (SSSR count). The maximum absolute atomic E-state index is 12.3. The van der Waals surface area contributed by atoms with Crippen molar-refractivity contribution < 1.29 is 14.7 Å². The largest absolute Gasteiger partial charge is 0.378 e. The Labute approximate surface area is 131 Å². The highest BCUT2D eigenvalue weighted by Crippen LogP contribution is 2.24. The zero-order chi connectivity index (χ0) is 16.1. The third-order valence-electron chi connectivity index (χ3n) is 4.24. The highest BCUT2D eigenvalue weighted by Gasteiger charge is 2.28. The summed E-state index contributed by atoms with van der Waals surface area (Å²) in [5.74, 6) is 0.213. The Hall–Kier alpha value is -1.88. The zero-order valence-corrected chi connectivity index (χ0v) is 13.2. The van der Waals surface area contributed by atoms with Crippen LogP contribution in [0.15, 0.2) is 30.3 Å². The fourth-order valence-electron chi connectivity index (χ4n) is 2.74. The number of carbonyl (C=O) groups is 2. The van der Waals surface area contributed by atoms with E-state index in [0.717, 1.165) is 12.8 Å². The first-order chi connectivity index (χ1) is 10.5. The SMILES string of the molecule is CN(C)C(=O)CC1CCN(C(=O)C(O)c2ccccc2)CC1. The molecule has 0 saturated carbocycles. The molecule has 0 aromatic heterocycles. The molecule has 5 heteroatoms. The van der Waals surface area contributed by atoms with Crippen LogP contribution in [0.1, 0.15) is 30.9 Å². The smallest absolute Gasteiger partial charge is 0.256 e. The van der Waals surface area contributed by atoms with Crippen LogP contribution in [-0.2, 0) is 9.59 Å². The molecule has 120 valence electrons. The minimum atomic E-state index is -1.10. The summed E-state index contributed by atoms with van der Waals surface area (Å²) >= 11 is 0. The van der Waals surface area contributed by atoms with Gasteiger partial charge in [-0.25, -0.2) is 0 Å². The number of likely N-dealkylation sites (tertiary alicyclic amines) is 1. The second kappa shape index (κ2) is 7.40. The minimum absolute atomic E-state index is 0.133. The molecular weight excluding hydrogens is 280 g/mol. The molecule has 1 unspecified atom stereocenters. The van der Waals surface area contributed by atoms with Crippen molar-refractivity contribution in [1.82, 2.24) is 9.80 Å². The van der Waals surface area contributed by atoms with Crippen LogP contribution in [0.25, 0.3) is 0 Å². The van der Waals surface area contributed by atoms with Gasteiger partial charge in [-0.2, -0.15) is 0 Å². The van der Waals surface area contributed by atoms with Crippen LogP contribution in [0.2, 0.25) is 0 Å². The molecule has 1 aromatic carbocycles. The Morgan fingerprint density at radius 1 is 1.23 bits per heavy atom. The summed E-state index contributed by atoms with van der Waals surface area (Å²) in [6, 6.07) is 8.99. The van der Waals surface area contributed by atoms with E-state index in [1.807, 2.05) is 18.2 Å². The Bertz CT molecular complexity index is 508. The average Bonchev–Trinajstić information content (AvgIpc) is 2.55. The zero-order valence-electron chi connectivity index (χ0n) is 13.2. The first kappa shape index (κ1) is 16.5. The Morgan fingerprint density at radius 3 is 2.36 bits per heavy atom. The number of rotatable bonds is 4. The minimum Gasteiger partial charge on any atom is -0.378 e. The first-order valence-corrected chi connectivity index (χ1v) is 7.71. The van der Waals surface area contributed by atoms with Crippen LogP contribution in [-0.4, -0.2) is 53.9 Å². The summed E-state index contributed by atoms with van der Waals surface area (Å²) in [7, 11) is 3.52. The second-order valence-electron chi connectivity index (χ2n) is 6.07. The molecular formula is C17H24N2O3. The van der Waals surface area contributed by atoms with Crippen LogP contribution >= 0.6 is 0 Å². The number of aliphatic hydroxyl groups is 1. The Morgan fingerprint density at radius 2 is 1.82 bits per heavy atom. The van der Waals surface area contributed by atoms with Crippen molar-refractivity contribution in [3.05, 3.63) is 35.9 Å². The molecule has 5 nitrogen and oxygen atoms in total. The van der Waals surface area contributed by atoms with Gasteiger partial charge in [-0.05, 0) is 24.3 Å². The normalized spacial score (nSPS) is 17.1. The lowest BCUT2D eigenvalue weighted by molar-refractivity contribution is -0.142. The maximum Gasteiger partial charge on any atom is 0.256 e. The van der Waals surface area contributed by atoms with E-state index in [2.05, 4.69) is 0 Å². The molecule has 1 fully saturated rings. The molecule has 0 bridgehead atoms. The van der Waals surface area contributed by atoms with E-state index < -0.39 is 6.10 Å². The summed E-state index contributed by atoms with van der Waals surface area (Å²) < 4.78 is 0. The van der Waals surface area contributed by atoms with Gasteiger partial charge in [0.1, 0.15) is 0 Å². The van der Waals surface area contributed by atoms with Crippen LogP contribution < -0.4 is 0 Å². The van der Waals surface area contributed by atoms with Crippen molar-refractivity contribution in [2.75, 3.05) is 27.2 Å². The third kappa shape index (κ3) is 4.07.